The van der Waals surface area contributed by atoms with Gasteiger partial charge in [-0.25, -0.2) is 9.37 Å². The second kappa shape index (κ2) is 8.59. The maximum absolute atomic E-state index is 14.0. The molecule has 1 saturated heterocycles. The van der Waals surface area contributed by atoms with Gasteiger partial charge in [-0.05, 0) is 47.9 Å². The Bertz CT molecular complexity index is 1100. The van der Waals surface area contributed by atoms with E-state index in [1.54, 1.807) is 12.4 Å². The molecule has 1 aliphatic rings. The second-order valence-electron chi connectivity index (χ2n) is 6.94. The van der Waals surface area contributed by atoms with Gasteiger partial charge in [0.15, 0.2) is 6.17 Å². The number of ether oxygens (including phenoxy) is 1. The van der Waals surface area contributed by atoms with E-state index in [1.807, 2.05) is 45.9 Å². The summed E-state index contributed by atoms with van der Waals surface area (Å²) >= 11 is 0. The summed E-state index contributed by atoms with van der Waals surface area (Å²) in [6.45, 7) is 7.92. The minimum atomic E-state index is -1.50. The average molecular weight is 399 g/mol. The third kappa shape index (κ3) is 3.81. The van der Waals surface area contributed by atoms with Crippen molar-refractivity contribution in [2.45, 2.75) is 46.3 Å². The number of aromatic nitrogens is 2. The Morgan fingerprint density at radius 1 is 1.17 bits per heavy atom. The van der Waals surface area contributed by atoms with Gasteiger partial charge < -0.3 is 15.0 Å². The lowest BCUT2D eigenvalue weighted by atomic mass is 9.97. The Morgan fingerprint density at radius 3 is 2.66 bits per heavy atom. The Morgan fingerprint density at radius 2 is 1.93 bits per heavy atom. The van der Waals surface area contributed by atoms with Gasteiger partial charge in [0.2, 0.25) is 5.88 Å². The van der Waals surface area contributed by atoms with Crippen LogP contribution in [0, 0.1) is 12.8 Å². The molecule has 6 nitrogen and oxygen atoms in total. The first-order chi connectivity index (χ1) is 14.0. The van der Waals surface area contributed by atoms with E-state index in [9.17, 15) is 14.0 Å². The first-order valence-electron chi connectivity index (χ1n) is 9.97. The lowest BCUT2D eigenvalue weighted by Crippen LogP contribution is -2.34. The lowest BCUT2D eigenvalue weighted by molar-refractivity contribution is -0.123. The number of H-pyrrole nitrogens is 1. The van der Waals surface area contributed by atoms with Gasteiger partial charge in [-0.3, -0.25) is 9.59 Å². The van der Waals surface area contributed by atoms with Crippen LogP contribution in [-0.2, 0) is 4.79 Å². The van der Waals surface area contributed by atoms with Gasteiger partial charge in [-0.15, -0.1) is 0 Å². The fourth-order valence-electron chi connectivity index (χ4n) is 3.75. The summed E-state index contributed by atoms with van der Waals surface area (Å²) in [6, 6.07) is 5.13. The number of nitrogens with zero attached hydrogens (tertiary/aromatic N) is 1. The van der Waals surface area contributed by atoms with Crippen molar-refractivity contribution in [3.63, 3.8) is 0 Å². The fourth-order valence-corrected chi connectivity index (χ4v) is 3.75. The molecule has 0 saturated carbocycles. The van der Waals surface area contributed by atoms with E-state index < -0.39 is 18.0 Å². The molecule has 0 bridgehead atoms. The van der Waals surface area contributed by atoms with Crippen LogP contribution in [0.25, 0.3) is 21.5 Å². The number of aromatic amines is 1. The standard InChI is InChI=1S/C20H20FN3O3.C2H6/c1-3-12-16(24-19(26)17(12)21)9-27-20-14-7-13-10(2)8-23-18(25)15(13)6-11(14)4-5-22-20;1-2/h4-8,12,16-17H,3,9H2,1-2H3,(H,23,25)(H,24,26);1-2H3. The summed E-state index contributed by atoms with van der Waals surface area (Å²) in [5.41, 5.74) is 0.793. The van der Waals surface area contributed by atoms with Gasteiger partial charge in [-0.2, -0.15) is 0 Å². The van der Waals surface area contributed by atoms with Crippen molar-refractivity contribution in [1.82, 2.24) is 15.3 Å². The zero-order valence-corrected chi connectivity index (χ0v) is 17.1. The van der Waals surface area contributed by atoms with Crippen molar-refractivity contribution >= 4 is 27.5 Å². The number of amides is 1. The lowest BCUT2D eigenvalue weighted by Gasteiger charge is -2.18. The fraction of sp³-hybridized carbons (Fsp3) is 0.409. The number of hydrogen-bond acceptors (Lipinski definition) is 4. The normalized spacial score (nSPS) is 21.0. The second-order valence-corrected chi connectivity index (χ2v) is 6.94. The number of rotatable bonds is 4. The van der Waals surface area contributed by atoms with Crippen molar-refractivity contribution in [3.8, 4) is 5.88 Å². The summed E-state index contributed by atoms with van der Waals surface area (Å²) in [5, 5.41) is 5.69. The molecule has 3 aromatic rings. The van der Waals surface area contributed by atoms with Crippen LogP contribution in [0.2, 0.25) is 0 Å². The molecule has 29 heavy (non-hydrogen) atoms. The van der Waals surface area contributed by atoms with E-state index in [4.69, 9.17) is 4.74 Å². The van der Waals surface area contributed by atoms with Crippen LogP contribution in [0.5, 0.6) is 5.88 Å². The minimum absolute atomic E-state index is 0.142. The van der Waals surface area contributed by atoms with Gasteiger partial charge in [0.1, 0.15) is 6.61 Å². The van der Waals surface area contributed by atoms with E-state index in [0.29, 0.717) is 17.7 Å². The summed E-state index contributed by atoms with van der Waals surface area (Å²) in [6.07, 6.45) is 2.33. The van der Waals surface area contributed by atoms with Crippen molar-refractivity contribution in [1.29, 1.82) is 0 Å². The molecule has 3 unspecified atom stereocenters. The molecule has 1 fully saturated rings. The van der Waals surface area contributed by atoms with Crippen molar-refractivity contribution in [3.05, 3.63) is 46.5 Å². The Labute approximate surface area is 168 Å². The van der Waals surface area contributed by atoms with E-state index in [0.717, 1.165) is 21.7 Å². The first kappa shape index (κ1) is 20.8. The molecule has 3 atom stereocenters. The molecule has 0 aliphatic carbocycles. The molecule has 4 rings (SSSR count). The molecule has 1 aliphatic heterocycles. The summed E-state index contributed by atoms with van der Waals surface area (Å²) in [5.74, 6) is -0.586. The van der Waals surface area contributed by atoms with Crippen molar-refractivity contribution < 1.29 is 13.9 Å². The van der Waals surface area contributed by atoms with Gasteiger partial charge in [0.05, 0.1) is 6.04 Å². The van der Waals surface area contributed by atoms with Crippen LogP contribution >= 0.6 is 0 Å². The van der Waals surface area contributed by atoms with Crippen LogP contribution in [-0.4, -0.2) is 34.7 Å². The molecular weight excluding hydrogens is 373 g/mol. The quantitative estimate of drug-likeness (QED) is 0.656. The highest BCUT2D eigenvalue weighted by Crippen LogP contribution is 2.29. The summed E-state index contributed by atoms with van der Waals surface area (Å²) < 4.78 is 19.8. The number of carbonyl (C=O) groups is 1. The summed E-state index contributed by atoms with van der Waals surface area (Å²) in [7, 11) is 0. The first-order valence-corrected chi connectivity index (χ1v) is 9.97. The van der Waals surface area contributed by atoms with E-state index in [2.05, 4.69) is 15.3 Å². The van der Waals surface area contributed by atoms with Crippen LogP contribution in [0.4, 0.5) is 4.39 Å². The van der Waals surface area contributed by atoms with Crippen LogP contribution in [0.15, 0.2) is 35.4 Å². The minimum Gasteiger partial charge on any atom is -0.475 e. The van der Waals surface area contributed by atoms with Crippen LogP contribution in [0.1, 0.15) is 32.8 Å². The predicted molar refractivity (Wildman–Crippen MR) is 112 cm³/mol. The Kier molecular flexibility index (Phi) is 6.15. The molecule has 0 radical (unpaired) electrons. The maximum Gasteiger partial charge on any atom is 0.255 e. The van der Waals surface area contributed by atoms with Gasteiger partial charge in [0, 0.05) is 29.1 Å². The number of pyridine rings is 2. The van der Waals surface area contributed by atoms with Crippen LogP contribution < -0.4 is 15.6 Å². The average Bonchev–Trinajstić information content (AvgIpc) is 3.02. The highest BCUT2D eigenvalue weighted by Gasteiger charge is 2.41. The van der Waals surface area contributed by atoms with Gasteiger partial charge in [0.25, 0.3) is 11.5 Å². The van der Waals surface area contributed by atoms with Gasteiger partial charge in [-0.1, -0.05) is 20.8 Å². The zero-order valence-electron chi connectivity index (χ0n) is 17.1. The van der Waals surface area contributed by atoms with E-state index in [1.165, 1.54) is 0 Å². The Balaban J connectivity index is 0.00000117. The monoisotopic (exact) mass is 399 g/mol. The predicted octanol–water partition coefficient (Wildman–Crippen LogP) is 3.65. The Hall–Kier alpha value is -2.96. The third-order valence-electron chi connectivity index (χ3n) is 5.30. The molecule has 154 valence electrons. The molecular formula is C22H26FN3O3. The molecule has 2 N–H and O–H groups in total. The number of hydrogen-bond donors (Lipinski definition) is 2. The van der Waals surface area contributed by atoms with E-state index >= 15 is 0 Å². The number of fused-ring (bicyclic) bond motifs is 2. The number of carbonyl (C=O) groups excluding carboxylic acids is 1. The highest BCUT2D eigenvalue weighted by molar-refractivity contribution is 6.00. The zero-order chi connectivity index (χ0) is 21.1. The largest absolute Gasteiger partial charge is 0.475 e. The number of halogens is 1. The highest BCUT2D eigenvalue weighted by atomic mass is 19.1. The molecule has 1 amide bonds. The molecule has 7 heteroatoms. The maximum atomic E-state index is 14.0. The smallest absolute Gasteiger partial charge is 0.255 e. The van der Waals surface area contributed by atoms with Crippen molar-refractivity contribution in [2.24, 2.45) is 5.92 Å². The topological polar surface area (TPSA) is 84.1 Å². The van der Waals surface area contributed by atoms with E-state index in [-0.39, 0.29) is 18.2 Å². The van der Waals surface area contributed by atoms with Gasteiger partial charge >= 0.3 is 0 Å². The summed E-state index contributed by atoms with van der Waals surface area (Å²) in [4.78, 5) is 30.7. The number of benzene rings is 1. The number of nitrogens with one attached hydrogen (secondary N) is 2. The SMILES string of the molecule is CC.CCC1C(COc2nccc3cc4c(=O)[nH]cc(C)c4cc23)NC(=O)C1F. The van der Waals surface area contributed by atoms with Crippen LogP contribution in [0.3, 0.4) is 0 Å². The third-order valence-corrected chi connectivity index (χ3v) is 5.30. The molecule has 1 aromatic carbocycles. The molecule has 2 aromatic heterocycles. The number of aryl methyl sites for hydroxylation is 1. The van der Waals surface area contributed by atoms with Crippen molar-refractivity contribution in [2.75, 3.05) is 6.61 Å². The molecule has 0 spiro atoms. The number of alkyl halides is 1. The molecule has 3 heterocycles.